The maximum Gasteiger partial charge on any atom is 0.321 e. The maximum atomic E-state index is 11.9. The Morgan fingerprint density at radius 1 is 1.61 bits per heavy atom. The quantitative estimate of drug-likeness (QED) is 0.747. The van der Waals surface area contributed by atoms with Crippen LogP contribution < -0.4 is 4.72 Å². The number of sulfonamides is 1. The molecule has 0 saturated heterocycles. The number of aliphatic carboxylic acids is 1. The predicted molar refractivity (Wildman–Crippen MR) is 64.5 cm³/mol. The van der Waals surface area contributed by atoms with E-state index in [0.717, 1.165) is 6.42 Å². The van der Waals surface area contributed by atoms with Gasteiger partial charge in [0.15, 0.2) is 5.03 Å². The van der Waals surface area contributed by atoms with E-state index in [9.17, 15) is 13.2 Å². The van der Waals surface area contributed by atoms with E-state index in [1.807, 2.05) is 6.92 Å². The molecule has 0 aliphatic heterocycles. The summed E-state index contributed by atoms with van der Waals surface area (Å²) in [4.78, 5) is 14.7. The normalized spacial score (nSPS) is 13.4. The average molecular weight is 275 g/mol. The molecular formula is C10H17N3O4S. The van der Waals surface area contributed by atoms with Crippen molar-refractivity contribution in [2.75, 3.05) is 0 Å². The lowest BCUT2D eigenvalue weighted by atomic mass is 10.1. The molecule has 0 bridgehead atoms. The summed E-state index contributed by atoms with van der Waals surface area (Å²) in [5.74, 6) is -1.18. The van der Waals surface area contributed by atoms with Crippen LogP contribution in [-0.4, -0.2) is 35.1 Å². The Balaban J connectivity index is 2.82. The first-order valence-corrected chi connectivity index (χ1v) is 7.08. The summed E-state index contributed by atoms with van der Waals surface area (Å²) in [6.07, 6.45) is 4.37. The second-order valence-electron chi connectivity index (χ2n) is 4.03. The second-order valence-corrected chi connectivity index (χ2v) is 5.69. The summed E-state index contributed by atoms with van der Waals surface area (Å²) in [6.45, 7) is 1.91. The van der Waals surface area contributed by atoms with E-state index < -0.39 is 22.0 Å². The van der Waals surface area contributed by atoms with Crippen LogP contribution >= 0.6 is 0 Å². The molecular weight excluding hydrogens is 258 g/mol. The number of nitrogens with one attached hydrogen (secondary N) is 1. The summed E-state index contributed by atoms with van der Waals surface area (Å²) in [5.41, 5.74) is 0. The Labute approximate surface area is 106 Å². The molecule has 1 atom stereocenters. The number of aromatic nitrogens is 2. The van der Waals surface area contributed by atoms with Crippen LogP contribution in [0.2, 0.25) is 0 Å². The molecule has 7 nitrogen and oxygen atoms in total. The number of hydrogen-bond donors (Lipinski definition) is 2. The minimum atomic E-state index is -3.88. The molecule has 2 N–H and O–H groups in total. The first-order chi connectivity index (χ1) is 8.36. The van der Waals surface area contributed by atoms with Gasteiger partial charge in [0.2, 0.25) is 0 Å². The van der Waals surface area contributed by atoms with Crippen LogP contribution in [-0.2, 0) is 21.9 Å². The zero-order valence-corrected chi connectivity index (χ0v) is 11.1. The van der Waals surface area contributed by atoms with Crippen molar-refractivity contribution in [2.45, 2.75) is 37.3 Å². The van der Waals surface area contributed by atoms with Crippen LogP contribution in [0.15, 0.2) is 17.6 Å². The van der Waals surface area contributed by atoms with Gasteiger partial charge in [0.05, 0.1) is 6.33 Å². The molecule has 0 radical (unpaired) electrons. The summed E-state index contributed by atoms with van der Waals surface area (Å²) < 4.78 is 27.4. The Bertz CT molecular complexity index is 509. The molecule has 0 saturated carbocycles. The first-order valence-electron chi connectivity index (χ1n) is 5.60. The van der Waals surface area contributed by atoms with E-state index in [1.54, 1.807) is 7.05 Å². The molecule has 0 fully saturated rings. The lowest BCUT2D eigenvalue weighted by Crippen LogP contribution is -2.40. The first kappa shape index (κ1) is 14.7. The molecule has 0 aromatic carbocycles. The average Bonchev–Trinajstić information content (AvgIpc) is 2.71. The number of unbranched alkanes of at least 4 members (excludes halogenated alkanes) is 1. The fourth-order valence-corrected chi connectivity index (χ4v) is 2.62. The van der Waals surface area contributed by atoms with Crippen molar-refractivity contribution in [3.63, 3.8) is 0 Å². The zero-order valence-electron chi connectivity index (χ0n) is 10.3. The van der Waals surface area contributed by atoms with Crippen molar-refractivity contribution in [3.05, 3.63) is 12.5 Å². The van der Waals surface area contributed by atoms with Crippen molar-refractivity contribution in [1.29, 1.82) is 0 Å². The summed E-state index contributed by atoms with van der Waals surface area (Å²) >= 11 is 0. The van der Waals surface area contributed by atoms with Gasteiger partial charge in [-0.2, -0.15) is 4.72 Å². The Morgan fingerprint density at radius 2 is 2.28 bits per heavy atom. The standard InChI is InChI=1S/C10H17N3O4S/c1-3-4-5-8(10(14)15)12-18(16,17)9-6-13(2)7-11-9/h6-8,12H,3-5H2,1-2H3,(H,14,15). The molecule has 18 heavy (non-hydrogen) atoms. The Kier molecular flexibility index (Phi) is 4.85. The highest BCUT2D eigenvalue weighted by atomic mass is 32.2. The smallest absolute Gasteiger partial charge is 0.321 e. The van der Waals surface area contributed by atoms with Crippen LogP contribution in [0.25, 0.3) is 0 Å². The van der Waals surface area contributed by atoms with Crippen LogP contribution in [0.5, 0.6) is 0 Å². The van der Waals surface area contributed by atoms with Crippen LogP contribution in [0.1, 0.15) is 26.2 Å². The van der Waals surface area contributed by atoms with E-state index in [0.29, 0.717) is 6.42 Å². The molecule has 1 unspecified atom stereocenters. The van der Waals surface area contributed by atoms with E-state index in [4.69, 9.17) is 5.11 Å². The number of carbonyl (C=O) groups is 1. The van der Waals surface area contributed by atoms with E-state index in [-0.39, 0.29) is 11.4 Å². The van der Waals surface area contributed by atoms with Crippen LogP contribution in [0.4, 0.5) is 0 Å². The van der Waals surface area contributed by atoms with Gasteiger partial charge < -0.3 is 9.67 Å². The second kappa shape index (κ2) is 5.96. The monoisotopic (exact) mass is 275 g/mol. The van der Waals surface area contributed by atoms with E-state index in [2.05, 4.69) is 9.71 Å². The SMILES string of the molecule is CCCCC(NS(=O)(=O)c1cn(C)cn1)C(=O)O. The third kappa shape index (κ3) is 3.81. The highest BCUT2D eigenvalue weighted by molar-refractivity contribution is 7.89. The number of carboxylic acids is 1. The van der Waals surface area contributed by atoms with Gasteiger partial charge in [-0.05, 0) is 6.42 Å². The van der Waals surface area contributed by atoms with Gasteiger partial charge in [-0.1, -0.05) is 19.8 Å². The van der Waals surface area contributed by atoms with Crippen molar-refractivity contribution in [2.24, 2.45) is 7.05 Å². The molecule has 0 aliphatic carbocycles. The van der Waals surface area contributed by atoms with E-state index in [1.165, 1.54) is 17.1 Å². The number of imidazole rings is 1. The van der Waals surface area contributed by atoms with Gasteiger partial charge in [0.25, 0.3) is 10.0 Å². The van der Waals surface area contributed by atoms with E-state index >= 15 is 0 Å². The lowest BCUT2D eigenvalue weighted by molar-refractivity contribution is -0.139. The molecule has 102 valence electrons. The fraction of sp³-hybridized carbons (Fsp3) is 0.600. The van der Waals surface area contributed by atoms with Crippen molar-refractivity contribution >= 4 is 16.0 Å². The highest BCUT2D eigenvalue weighted by Crippen LogP contribution is 2.08. The maximum absolute atomic E-state index is 11.9. The zero-order chi connectivity index (χ0) is 13.8. The number of hydrogen-bond acceptors (Lipinski definition) is 4. The minimum absolute atomic E-state index is 0.173. The topological polar surface area (TPSA) is 101 Å². The Hall–Kier alpha value is -1.41. The van der Waals surface area contributed by atoms with Crippen LogP contribution in [0.3, 0.4) is 0 Å². The molecule has 0 spiro atoms. The number of nitrogens with zero attached hydrogens (tertiary/aromatic N) is 2. The van der Waals surface area contributed by atoms with Gasteiger partial charge in [-0.3, -0.25) is 4.79 Å². The van der Waals surface area contributed by atoms with Crippen molar-refractivity contribution < 1.29 is 18.3 Å². The molecule has 1 aromatic rings. The van der Waals surface area contributed by atoms with Crippen molar-refractivity contribution in [1.82, 2.24) is 14.3 Å². The molecule has 0 amide bonds. The van der Waals surface area contributed by atoms with Gasteiger partial charge in [-0.25, -0.2) is 13.4 Å². The van der Waals surface area contributed by atoms with Gasteiger partial charge in [-0.15, -0.1) is 0 Å². The third-order valence-corrected chi connectivity index (χ3v) is 3.75. The summed E-state index contributed by atoms with van der Waals surface area (Å²) in [5, 5.41) is 8.79. The third-order valence-electron chi connectivity index (χ3n) is 2.40. The summed E-state index contributed by atoms with van der Waals surface area (Å²) in [7, 11) is -2.24. The number of rotatable bonds is 7. The minimum Gasteiger partial charge on any atom is -0.480 e. The number of carboxylic acid groups (broad SMARTS) is 1. The molecule has 0 aliphatic rings. The molecule has 1 rings (SSSR count). The lowest BCUT2D eigenvalue weighted by Gasteiger charge is -2.12. The molecule has 1 aromatic heterocycles. The predicted octanol–water partition coefficient (Wildman–Crippen LogP) is 0.342. The van der Waals surface area contributed by atoms with Crippen molar-refractivity contribution in [3.8, 4) is 0 Å². The highest BCUT2D eigenvalue weighted by Gasteiger charge is 2.26. The van der Waals surface area contributed by atoms with Gasteiger partial charge in [0.1, 0.15) is 6.04 Å². The fourth-order valence-electron chi connectivity index (χ4n) is 1.42. The number of aryl methyl sites for hydroxylation is 1. The Morgan fingerprint density at radius 3 is 2.72 bits per heavy atom. The largest absolute Gasteiger partial charge is 0.480 e. The molecule has 8 heteroatoms. The molecule has 1 heterocycles. The van der Waals surface area contributed by atoms with Crippen LogP contribution in [0, 0.1) is 0 Å². The van der Waals surface area contributed by atoms with Gasteiger partial charge in [0, 0.05) is 13.2 Å². The summed E-state index contributed by atoms with van der Waals surface area (Å²) in [6, 6.07) is -1.11. The van der Waals surface area contributed by atoms with Gasteiger partial charge >= 0.3 is 5.97 Å².